The van der Waals surface area contributed by atoms with Crippen molar-refractivity contribution in [3.63, 3.8) is 0 Å². The number of aromatic nitrogens is 2. The van der Waals surface area contributed by atoms with Crippen LogP contribution >= 0.6 is 11.6 Å². The van der Waals surface area contributed by atoms with Gasteiger partial charge in [0.1, 0.15) is 10.8 Å². The number of nitrogens with one attached hydrogen (secondary N) is 1. The average molecular weight is 290 g/mol. The Morgan fingerprint density at radius 3 is 3.00 bits per heavy atom. The minimum Gasteiger partial charge on any atom is -0.437 e. The molecule has 1 N–H and O–H groups in total. The molecular weight excluding hydrogens is 274 g/mol. The maximum Gasteiger partial charge on any atom is 0.243 e. The van der Waals surface area contributed by atoms with Gasteiger partial charge in [0.25, 0.3) is 0 Å². The SMILES string of the molecule is CCNc1ncc(Cl)c(Oc2ccc3c(c2)CCC3)n1. The molecule has 1 aliphatic rings. The van der Waals surface area contributed by atoms with E-state index in [1.807, 2.05) is 13.0 Å². The monoisotopic (exact) mass is 289 g/mol. The third-order valence-corrected chi connectivity index (χ3v) is 3.59. The molecular formula is C15H16ClN3O. The lowest BCUT2D eigenvalue weighted by Crippen LogP contribution is -2.03. The quantitative estimate of drug-likeness (QED) is 0.929. The van der Waals surface area contributed by atoms with E-state index >= 15 is 0 Å². The maximum absolute atomic E-state index is 6.09. The molecule has 0 fully saturated rings. The number of ether oxygens (including phenoxy) is 1. The summed E-state index contributed by atoms with van der Waals surface area (Å²) in [5, 5.41) is 3.45. The van der Waals surface area contributed by atoms with Crippen molar-refractivity contribution in [2.75, 3.05) is 11.9 Å². The highest BCUT2D eigenvalue weighted by Gasteiger charge is 2.13. The normalized spacial score (nSPS) is 13.1. The number of aryl methyl sites for hydroxylation is 2. The third kappa shape index (κ3) is 2.70. The van der Waals surface area contributed by atoms with Gasteiger partial charge in [-0.05, 0) is 49.4 Å². The fourth-order valence-electron chi connectivity index (χ4n) is 2.39. The molecule has 2 aromatic rings. The number of anilines is 1. The van der Waals surface area contributed by atoms with E-state index in [1.165, 1.54) is 17.5 Å². The van der Waals surface area contributed by atoms with E-state index in [0.29, 0.717) is 16.9 Å². The van der Waals surface area contributed by atoms with E-state index in [4.69, 9.17) is 16.3 Å². The molecule has 1 heterocycles. The molecule has 0 radical (unpaired) electrons. The van der Waals surface area contributed by atoms with E-state index in [-0.39, 0.29) is 0 Å². The lowest BCUT2D eigenvalue weighted by molar-refractivity contribution is 0.462. The number of halogens is 1. The van der Waals surface area contributed by atoms with Crippen molar-refractivity contribution < 1.29 is 4.74 Å². The summed E-state index contributed by atoms with van der Waals surface area (Å²) in [6, 6.07) is 6.17. The van der Waals surface area contributed by atoms with Gasteiger partial charge in [-0.2, -0.15) is 4.98 Å². The minimum atomic E-state index is 0.385. The topological polar surface area (TPSA) is 47.0 Å². The van der Waals surface area contributed by atoms with Crippen LogP contribution in [0.2, 0.25) is 5.02 Å². The van der Waals surface area contributed by atoms with Gasteiger partial charge in [0, 0.05) is 6.54 Å². The summed E-state index contributed by atoms with van der Waals surface area (Å²) in [5.74, 6) is 1.68. The molecule has 0 saturated heterocycles. The lowest BCUT2D eigenvalue weighted by atomic mass is 10.1. The molecule has 0 unspecified atom stereocenters. The van der Waals surface area contributed by atoms with Gasteiger partial charge in [0.2, 0.25) is 11.8 Å². The average Bonchev–Trinajstić information content (AvgIpc) is 2.90. The molecule has 0 amide bonds. The first-order chi connectivity index (χ1) is 9.76. The molecule has 0 saturated carbocycles. The number of benzene rings is 1. The van der Waals surface area contributed by atoms with Crippen LogP contribution in [0, 0.1) is 0 Å². The van der Waals surface area contributed by atoms with E-state index in [0.717, 1.165) is 25.1 Å². The summed E-state index contributed by atoms with van der Waals surface area (Å²) in [7, 11) is 0. The number of fused-ring (bicyclic) bond motifs is 1. The Bertz CT molecular complexity index is 631. The predicted molar refractivity (Wildman–Crippen MR) is 79.7 cm³/mol. The first kappa shape index (κ1) is 13.2. The third-order valence-electron chi connectivity index (χ3n) is 3.33. The molecule has 1 aliphatic carbocycles. The summed E-state index contributed by atoms with van der Waals surface area (Å²) < 4.78 is 5.80. The van der Waals surface area contributed by atoms with Gasteiger partial charge in [0.15, 0.2) is 0 Å². The van der Waals surface area contributed by atoms with Crippen LogP contribution in [0.15, 0.2) is 24.4 Å². The van der Waals surface area contributed by atoms with Gasteiger partial charge >= 0.3 is 0 Å². The largest absolute Gasteiger partial charge is 0.437 e. The van der Waals surface area contributed by atoms with Crippen LogP contribution in [-0.4, -0.2) is 16.5 Å². The Kier molecular flexibility index (Phi) is 3.74. The molecule has 0 atom stereocenters. The van der Waals surface area contributed by atoms with Crippen molar-refractivity contribution in [2.45, 2.75) is 26.2 Å². The van der Waals surface area contributed by atoms with Crippen molar-refractivity contribution in [3.8, 4) is 11.6 Å². The molecule has 1 aromatic heterocycles. The molecule has 0 bridgehead atoms. The van der Waals surface area contributed by atoms with Crippen LogP contribution in [0.5, 0.6) is 11.6 Å². The van der Waals surface area contributed by atoms with Crippen LogP contribution in [0.1, 0.15) is 24.5 Å². The summed E-state index contributed by atoms with van der Waals surface area (Å²) >= 11 is 6.09. The molecule has 0 aliphatic heterocycles. The molecule has 0 spiro atoms. The Labute approximate surface area is 123 Å². The molecule has 4 nitrogen and oxygen atoms in total. The van der Waals surface area contributed by atoms with Crippen molar-refractivity contribution >= 4 is 17.5 Å². The van der Waals surface area contributed by atoms with E-state index < -0.39 is 0 Å². The zero-order valence-corrected chi connectivity index (χ0v) is 12.1. The first-order valence-corrected chi connectivity index (χ1v) is 7.20. The number of nitrogens with zero attached hydrogens (tertiary/aromatic N) is 2. The van der Waals surface area contributed by atoms with Gasteiger partial charge in [-0.15, -0.1) is 0 Å². The van der Waals surface area contributed by atoms with Gasteiger partial charge in [-0.1, -0.05) is 17.7 Å². The number of rotatable bonds is 4. The Morgan fingerprint density at radius 2 is 2.15 bits per heavy atom. The maximum atomic E-state index is 6.09. The molecule has 104 valence electrons. The van der Waals surface area contributed by atoms with Gasteiger partial charge in [0.05, 0.1) is 6.20 Å². The molecule has 20 heavy (non-hydrogen) atoms. The Hall–Kier alpha value is -1.81. The summed E-state index contributed by atoms with van der Waals surface area (Å²) in [5.41, 5.74) is 2.78. The van der Waals surface area contributed by atoms with Crippen LogP contribution in [0.25, 0.3) is 0 Å². The van der Waals surface area contributed by atoms with Gasteiger partial charge in [-0.3, -0.25) is 0 Å². The highest BCUT2D eigenvalue weighted by Crippen LogP contribution is 2.31. The standard InChI is InChI=1S/C15H16ClN3O/c1-2-17-15-18-9-13(16)14(19-15)20-12-7-6-10-4-3-5-11(10)8-12/h6-9H,2-5H2,1H3,(H,17,18,19). The van der Waals surface area contributed by atoms with Gasteiger partial charge < -0.3 is 10.1 Å². The van der Waals surface area contributed by atoms with Crippen LogP contribution in [0.3, 0.4) is 0 Å². The summed E-state index contributed by atoms with van der Waals surface area (Å²) in [4.78, 5) is 8.37. The lowest BCUT2D eigenvalue weighted by Gasteiger charge is -2.09. The second-order valence-electron chi connectivity index (χ2n) is 4.76. The molecule has 5 heteroatoms. The van der Waals surface area contributed by atoms with Crippen LogP contribution in [0.4, 0.5) is 5.95 Å². The highest BCUT2D eigenvalue weighted by atomic mass is 35.5. The molecule has 3 rings (SSSR count). The highest BCUT2D eigenvalue weighted by molar-refractivity contribution is 6.31. The van der Waals surface area contributed by atoms with Crippen LogP contribution in [-0.2, 0) is 12.8 Å². The second-order valence-corrected chi connectivity index (χ2v) is 5.17. The second kappa shape index (κ2) is 5.67. The summed E-state index contributed by atoms with van der Waals surface area (Å²) in [6.07, 6.45) is 5.05. The fourth-order valence-corrected chi connectivity index (χ4v) is 2.52. The van der Waals surface area contributed by atoms with Crippen molar-refractivity contribution in [1.29, 1.82) is 0 Å². The zero-order chi connectivity index (χ0) is 13.9. The Balaban J connectivity index is 1.85. The van der Waals surface area contributed by atoms with E-state index in [2.05, 4.69) is 27.4 Å². The van der Waals surface area contributed by atoms with E-state index in [1.54, 1.807) is 6.20 Å². The van der Waals surface area contributed by atoms with Gasteiger partial charge in [-0.25, -0.2) is 4.98 Å². The number of hydrogen-bond donors (Lipinski definition) is 1. The van der Waals surface area contributed by atoms with E-state index in [9.17, 15) is 0 Å². The fraction of sp³-hybridized carbons (Fsp3) is 0.333. The smallest absolute Gasteiger partial charge is 0.243 e. The van der Waals surface area contributed by atoms with Crippen molar-refractivity contribution in [1.82, 2.24) is 9.97 Å². The van der Waals surface area contributed by atoms with Crippen molar-refractivity contribution in [2.24, 2.45) is 0 Å². The Morgan fingerprint density at radius 1 is 1.30 bits per heavy atom. The zero-order valence-electron chi connectivity index (χ0n) is 11.3. The first-order valence-electron chi connectivity index (χ1n) is 6.82. The van der Waals surface area contributed by atoms with Crippen molar-refractivity contribution in [3.05, 3.63) is 40.5 Å². The molecule has 1 aromatic carbocycles. The summed E-state index contributed by atoms with van der Waals surface area (Å²) in [6.45, 7) is 2.74. The predicted octanol–water partition coefficient (Wildman–Crippen LogP) is 3.84. The minimum absolute atomic E-state index is 0.385. The number of hydrogen-bond acceptors (Lipinski definition) is 4. The van der Waals surface area contributed by atoms with Crippen LogP contribution < -0.4 is 10.1 Å².